The van der Waals surface area contributed by atoms with Crippen LogP contribution in [0.1, 0.15) is 26.3 Å². The van der Waals surface area contributed by atoms with E-state index in [9.17, 15) is 29.7 Å². The summed E-state index contributed by atoms with van der Waals surface area (Å²) in [6.07, 6.45) is -1.12. The fourth-order valence-corrected chi connectivity index (χ4v) is 2.63. The third-order valence-corrected chi connectivity index (χ3v) is 3.92. The van der Waals surface area contributed by atoms with Gasteiger partial charge in [-0.25, -0.2) is 14.4 Å². The van der Waals surface area contributed by atoms with Crippen molar-refractivity contribution in [2.24, 2.45) is 5.92 Å². The molecule has 2 atom stereocenters. The molecule has 30 heavy (non-hydrogen) atoms. The molecule has 0 fully saturated rings. The molecule has 1 amide bonds. The number of carboxylic acids is 1. The predicted octanol–water partition coefficient (Wildman–Crippen LogP) is 1.69. The second kappa shape index (κ2) is 9.21. The molecule has 0 aliphatic heterocycles. The Morgan fingerprint density at radius 3 is 2.10 bits per heavy atom. The first kappa shape index (κ1) is 22.6. The summed E-state index contributed by atoms with van der Waals surface area (Å²) < 4.78 is 5.54. The van der Waals surface area contributed by atoms with Crippen molar-refractivity contribution in [1.29, 1.82) is 0 Å². The molecule has 10 nitrogen and oxygen atoms in total. The van der Waals surface area contributed by atoms with Crippen molar-refractivity contribution in [3.8, 4) is 11.8 Å². The summed E-state index contributed by atoms with van der Waals surface area (Å²) in [5.41, 5.74) is -0.275. The Morgan fingerprint density at radius 1 is 1.03 bits per heavy atom. The summed E-state index contributed by atoms with van der Waals surface area (Å²) in [6.45, 7) is 4.82. The summed E-state index contributed by atoms with van der Waals surface area (Å²) in [6, 6.07) is 8.99. The summed E-state index contributed by atoms with van der Waals surface area (Å²) in [5, 5.41) is 31.2. The van der Waals surface area contributed by atoms with Gasteiger partial charge in [0.25, 0.3) is 0 Å². The number of hydrogen-bond acceptors (Lipinski definition) is 7. The Labute approximate surface area is 172 Å². The Balaban J connectivity index is 2.32. The molecule has 0 aliphatic carbocycles. The number of aliphatic carboxylic acids is 1. The van der Waals surface area contributed by atoms with E-state index in [1.165, 1.54) is 0 Å². The fraction of sp³-hybridized carbons (Fsp3) is 0.350. The highest BCUT2D eigenvalue weighted by atomic mass is 16.7. The van der Waals surface area contributed by atoms with Gasteiger partial charge in [0, 0.05) is 12.1 Å². The number of nitrogens with zero attached hydrogens (tertiary/aromatic N) is 1. The summed E-state index contributed by atoms with van der Waals surface area (Å²) in [7, 11) is 0. The molecular formula is C20H24N2O8. The van der Waals surface area contributed by atoms with Gasteiger partial charge in [-0.3, -0.25) is 0 Å². The van der Waals surface area contributed by atoms with E-state index in [0.29, 0.717) is 10.3 Å². The highest BCUT2D eigenvalue weighted by molar-refractivity contribution is 5.87. The normalized spacial score (nSPS) is 13.2. The molecule has 1 aromatic heterocycles. The molecule has 0 spiro atoms. The maximum atomic E-state index is 12.8. The van der Waals surface area contributed by atoms with Gasteiger partial charge in [-0.15, -0.1) is 4.73 Å². The summed E-state index contributed by atoms with van der Waals surface area (Å²) >= 11 is 0. The maximum Gasteiger partial charge on any atom is 0.408 e. The average Bonchev–Trinajstić information content (AvgIpc) is 2.95. The van der Waals surface area contributed by atoms with Gasteiger partial charge in [0.15, 0.2) is 0 Å². The standard InChI is InChI=1S/C20H24N2O8/c1-20(2,3)29-19(28)21-16(17(25)26)13(11-12-7-5-4-6-8-12)18(27)30-22-14(23)9-10-15(22)24/h4-10,13,16,23-24H,11H2,1-3H3,(H,21,28)(H,25,26)/t13?,16-/m0/s1. The van der Waals surface area contributed by atoms with E-state index >= 15 is 0 Å². The molecule has 1 aromatic carbocycles. The van der Waals surface area contributed by atoms with Crippen LogP contribution in [-0.2, 0) is 20.7 Å². The van der Waals surface area contributed by atoms with Gasteiger partial charge < -0.3 is 30.2 Å². The second-order valence-electron chi connectivity index (χ2n) is 7.51. The topological polar surface area (TPSA) is 147 Å². The van der Waals surface area contributed by atoms with Crippen molar-refractivity contribution >= 4 is 18.0 Å². The molecule has 1 heterocycles. The third-order valence-electron chi connectivity index (χ3n) is 3.92. The van der Waals surface area contributed by atoms with Crippen molar-refractivity contribution in [3.05, 3.63) is 48.0 Å². The number of carbonyl (C=O) groups excluding carboxylic acids is 2. The van der Waals surface area contributed by atoms with Gasteiger partial charge in [-0.05, 0) is 32.8 Å². The minimum atomic E-state index is -1.70. The quantitative estimate of drug-likeness (QED) is 0.529. The number of ether oxygens (including phenoxy) is 1. The molecular weight excluding hydrogens is 396 g/mol. The van der Waals surface area contributed by atoms with Crippen LogP contribution in [0.5, 0.6) is 11.8 Å². The third kappa shape index (κ3) is 6.16. The van der Waals surface area contributed by atoms with E-state index in [4.69, 9.17) is 9.57 Å². The zero-order valence-electron chi connectivity index (χ0n) is 16.7. The lowest BCUT2D eigenvalue weighted by Crippen LogP contribution is -2.52. The number of benzene rings is 1. The molecule has 2 aromatic rings. The van der Waals surface area contributed by atoms with Gasteiger partial charge >= 0.3 is 18.0 Å². The Kier molecular flexibility index (Phi) is 6.93. The van der Waals surface area contributed by atoms with Gasteiger partial charge in [0.05, 0.1) is 5.92 Å². The minimum Gasteiger partial charge on any atom is -0.492 e. The zero-order chi connectivity index (χ0) is 22.5. The zero-order valence-corrected chi connectivity index (χ0v) is 16.7. The molecule has 162 valence electrons. The number of hydrogen-bond donors (Lipinski definition) is 4. The molecule has 10 heteroatoms. The van der Waals surface area contributed by atoms with Gasteiger partial charge in [-0.1, -0.05) is 30.3 Å². The number of nitrogens with one attached hydrogen (secondary N) is 1. The van der Waals surface area contributed by atoms with Crippen molar-refractivity contribution in [2.45, 2.75) is 38.8 Å². The Morgan fingerprint density at radius 2 is 1.60 bits per heavy atom. The molecule has 0 saturated carbocycles. The molecule has 0 radical (unpaired) electrons. The second-order valence-corrected chi connectivity index (χ2v) is 7.51. The Bertz CT molecular complexity index is 882. The van der Waals surface area contributed by atoms with Gasteiger partial charge in [-0.2, -0.15) is 0 Å². The molecule has 4 N–H and O–H groups in total. The van der Waals surface area contributed by atoms with Crippen LogP contribution >= 0.6 is 0 Å². The highest BCUT2D eigenvalue weighted by Gasteiger charge is 2.38. The number of amides is 1. The van der Waals surface area contributed by atoms with Crippen LogP contribution in [-0.4, -0.2) is 49.7 Å². The van der Waals surface area contributed by atoms with Crippen LogP contribution < -0.4 is 10.2 Å². The van der Waals surface area contributed by atoms with Gasteiger partial charge in [0.1, 0.15) is 11.6 Å². The van der Waals surface area contributed by atoms with Crippen molar-refractivity contribution in [2.75, 3.05) is 0 Å². The van der Waals surface area contributed by atoms with Crippen molar-refractivity contribution in [1.82, 2.24) is 10.0 Å². The van der Waals surface area contributed by atoms with Crippen LogP contribution in [0, 0.1) is 5.92 Å². The summed E-state index contributed by atoms with van der Waals surface area (Å²) in [5.74, 6) is -5.11. The van der Waals surface area contributed by atoms with E-state index in [1.807, 2.05) is 0 Å². The number of aromatic nitrogens is 1. The molecule has 0 aliphatic rings. The summed E-state index contributed by atoms with van der Waals surface area (Å²) in [4.78, 5) is 41.8. The van der Waals surface area contributed by atoms with Crippen LogP contribution in [0.2, 0.25) is 0 Å². The lowest BCUT2D eigenvalue weighted by Gasteiger charge is -2.26. The van der Waals surface area contributed by atoms with E-state index in [0.717, 1.165) is 12.1 Å². The van der Waals surface area contributed by atoms with Crippen LogP contribution in [0.3, 0.4) is 0 Å². The lowest BCUT2D eigenvalue weighted by molar-refractivity contribution is -0.156. The van der Waals surface area contributed by atoms with Crippen molar-refractivity contribution in [3.63, 3.8) is 0 Å². The number of rotatable bonds is 7. The van der Waals surface area contributed by atoms with Crippen LogP contribution in [0.15, 0.2) is 42.5 Å². The van der Waals surface area contributed by atoms with Gasteiger partial charge in [0.2, 0.25) is 11.8 Å². The lowest BCUT2D eigenvalue weighted by atomic mass is 9.92. The smallest absolute Gasteiger partial charge is 0.408 e. The largest absolute Gasteiger partial charge is 0.492 e. The highest BCUT2D eigenvalue weighted by Crippen LogP contribution is 2.21. The SMILES string of the molecule is CC(C)(C)OC(=O)N[C@H](C(=O)O)C(Cc1ccccc1)C(=O)On1c(O)ccc1O. The van der Waals surface area contributed by atoms with Crippen molar-refractivity contribution < 1.29 is 39.3 Å². The Hall–Kier alpha value is -3.69. The first-order valence-corrected chi connectivity index (χ1v) is 9.06. The minimum absolute atomic E-state index is 0.102. The fourth-order valence-electron chi connectivity index (χ4n) is 2.63. The van der Waals surface area contributed by atoms with E-state index < -0.39 is 47.4 Å². The van der Waals surface area contributed by atoms with Crippen LogP contribution in [0.25, 0.3) is 0 Å². The van der Waals surface area contributed by atoms with E-state index in [1.54, 1.807) is 51.1 Å². The number of aromatic hydroxyl groups is 2. The average molecular weight is 420 g/mol. The first-order chi connectivity index (χ1) is 14.0. The predicted molar refractivity (Wildman–Crippen MR) is 104 cm³/mol. The maximum absolute atomic E-state index is 12.8. The molecule has 1 unspecified atom stereocenters. The molecule has 0 saturated heterocycles. The number of carbonyl (C=O) groups is 3. The molecule has 2 rings (SSSR count). The van der Waals surface area contributed by atoms with E-state index in [2.05, 4.69) is 5.32 Å². The first-order valence-electron chi connectivity index (χ1n) is 9.06. The number of alkyl carbamates (subject to hydrolysis) is 1. The number of carboxylic acid groups (broad SMARTS) is 1. The monoisotopic (exact) mass is 420 g/mol. The molecule has 0 bridgehead atoms. The van der Waals surface area contributed by atoms with E-state index in [-0.39, 0.29) is 6.42 Å². The van der Waals surface area contributed by atoms with Crippen LogP contribution in [0.4, 0.5) is 4.79 Å².